The van der Waals surface area contributed by atoms with Crippen molar-refractivity contribution in [1.29, 1.82) is 0 Å². The van der Waals surface area contributed by atoms with Crippen LogP contribution in [0.2, 0.25) is 0 Å². The summed E-state index contributed by atoms with van der Waals surface area (Å²) < 4.78 is 0. The van der Waals surface area contributed by atoms with E-state index in [4.69, 9.17) is 5.11 Å². The Kier molecular flexibility index (Phi) is 12.0. The lowest BCUT2D eigenvalue weighted by Gasteiger charge is -2.01. The van der Waals surface area contributed by atoms with Crippen LogP contribution in [0, 0.1) is 0 Å². The summed E-state index contributed by atoms with van der Waals surface area (Å²) >= 11 is 0. The third-order valence-electron chi connectivity index (χ3n) is 3.16. The molecule has 0 fully saturated rings. The van der Waals surface area contributed by atoms with Crippen LogP contribution >= 0.6 is 0 Å². The van der Waals surface area contributed by atoms with E-state index >= 15 is 0 Å². The number of aliphatic carboxylic acids is 1. The highest BCUT2D eigenvalue weighted by molar-refractivity contribution is 5.78. The minimum Gasteiger partial charge on any atom is -0.481 e. The van der Waals surface area contributed by atoms with Gasteiger partial charge in [0, 0.05) is 19.3 Å². The van der Waals surface area contributed by atoms with Gasteiger partial charge >= 0.3 is 5.97 Å². The van der Waals surface area contributed by atoms with Gasteiger partial charge in [-0.25, -0.2) is 0 Å². The van der Waals surface area contributed by atoms with Gasteiger partial charge in [-0.05, 0) is 19.3 Å². The molecule has 3 nitrogen and oxygen atoms in total. The number of ketones is 1. The molecule has 0 aliphatic heterocycles. The highest BCUT2D eigenvalue weighted by atomic mass is 16.4. The van der Waals surface area contributed by atoms with Crippen LogP contribution in [0.4, 0.5) is 0 Å². The molecule has 3 heteroatoms. The molecule has 0 aliphatic carbocycles. The first-order valence-corrected chi connectivity index (χ1v) is 7.40. The highest BCUT2D eigenvalue weighted by Crippen LogP contribution is 2.11. The zero-order valence-corrected chi connectivity index (χ0v) is 11.7. The Morgan fingerprint density at radius 2 is 1.17 bits per heavy atom. The molecule has 0 aromatic rings. The Morgan fingerprint density at radius 3 is 1.67 bits per heavy atom. The fraction of sp³-hybridized carbons (Fsp3) is 0.867. The summed E-state index contributed by atoms with van der Waals surface area (Å²) in [6, 6.07) is 0. The van der Waals surface area contributed by atoms with Crippen molar-refractivity contribution < 1.29 is 14.7 Å². The van der Waals surface area contributed by atoms with E-state index < -0.39 is 5.97 Å². The maximum absolute atomic E-state index is 11.4. The zero-order valence-electron chi connectivity index (χ0n) is 11.7. The Hall–Kier alpha value is -0.860. The van der Waals surface area contributed by atoms with E-state index in [0.717, 1.165) is 57.8 Å². The molecule has 0 aromatic carbocycles. The van der Waals surface area contributed by atoms with Crippen LogP contribution in [0.3, 0.4) is 0 Å². The Bertz CT molecular complexity index is 224. The summed E-state index contributed by atoms with van der Waals surface area (Å²) in [6.45, 7) is 2.11. The van der Waals surface area contributed by atoms with Gasteiger partial charge in [0.1, 0.15) is 5.78 Å². The lowest BCUT2D eigenvalue weighted by atomic mass is 10.0. The molecule has 18 heavy (non-hydrogen) atoms. The van der Waals surface area contributed by atoms with Crippen LogP contribution in [0.25, 0.3) is 0 Å². The van der Waals surface area contributed by atoms with Gasteiger partial charge in [-0.15, -0.1) is 0 Å². The number of Topliss-reactive ketones (excluding diaryl/α,β-unsaturated/α-hetero) is 1. The predicted octanol–water partition coefficient (Wildman–Crippen LogP) is 4.34. The van der Waals surface area contributed by atoms with Crippen molar-refractivity contribution in [2.24, 2.45) is 0 Å². The summed E-state index contributed by atoms with van der Waals surface area (Å²) in [5.41, 5.74) is 0. The van der Waals surface area contributed by atoms with Crippen molar-refractivity contribution in [2.45, 2.75) is 84.0 Å². The predicted molar refractivity (Wildman–Crippen MR) is 73.7 cm³/mol. The fourth-order valence-corrected chi connectivity index (χ4v) is 1.98. The third-order valence-corrected chi connectivity index (χ3v) is 3.16. The lowest BCUT2D eigenvalue weighted by Crippen LogP contribution is -1.97. The molecule has 0 aromatic heterocycles. The first-order chi connectivity index (χ1) is 8.66. The summed E-state index contributed by atoms with van der Waals surface area (Å²) in [5, 5.41) is 8.47. The molecule has 0 unspecified atom stereocenters. The van der Waals surface area contributed by atoms with Gasteiger partial charge < -0.3 is 5.11 Å². The molecule has 0 saturated carbocycles. The van der Waals surface area contributed by atoms with Gasteiger partial charge in [-0.3, -0.25) is 9.59 Å². The average molecular weight is 256 g/mol. The number of carbonyl (C=O) groups excluding carboxylic acids is 1. The number of carboxylic acid groups (broad SMARTS) is 1. The molecule has 0 saturated heterocycles. The van der Waals surface area contributed by atoms with E-state index in [2.05, 4.69) is 6.92 Å². The van der Waals surface area contributed by atoms with E-state index in [1.165, 1.54) is 12.8 Å². The second kappa shape index (κ2) is 12.6. The second-order valence-electron chi connectivity index (χ2n) is 5.01. The molecular weight excluding hydrogens is 228 g/mol. The summed E-state index contributed by atoms with van der Waals surface area (Å²) in [6.07, 6.45) is 11.4. The van der Waals surface area contributed by atoms with E-state index in [9.17, 15) is 9.59 Å². The molecule has 0 bridgehead atoms. The lowest BCUT2D eigenvalue weighted by molar-refractivity contribution is -0.137. The van der Waals surface area contributed by atoms with Crippen LogP contribution in [0.1, 0.15) is 84.0 Å². The molecule has 0 atom stereocenters. The van der Waals surface area contributed by atoms with Crippen LogP contribution < -0.4 is 0 Å². The quantitative estimate of drug-likeness (QED) is 0.499. The smallest absolute Gasteiger partial charge is 0.303 e. The number of carbonyl (C=O) groups is 2. The summed E-state index contributed by atoms with van der Waals surface area (Å²) in [7, 11) is 0. The standard InChI is InChI=1S/C15H28O3/c1-2-3-11-14(16)12-9-7-5-4-6-8-10-13-15(17)18/h2-13H2,1H3,(H,17,18). The summed E-state index contributed by atoms with van der Waals surface area (Å²) in [5.74, 6) is -0.279. The van der Waals surface area contributed by atoms with Crippen LogP contribution in [-0.4, -0.2) is 16.9 Å². The molecule has 106 valence electrons. The van der Waals surface area contributed by atoms with Gasteiger partial charge in [-0.2, -0.15) is 0 Å². The van der Waals surface area contributed by atoms with Crippen LogP contribution in [0.5, 0.6) is 0 Å². The molecule has 0 radical (unpaired) electrons. The normalized spacial score (nSPS) is 10.5. The van der Waals surface area contributed by atoms with Gasteiger partial charge in [0.2, 0.25) is 0 Å². The van der Waals surface area contributed by atoms with E-state index in [1.54, 1.807) is 0 Å². The summed E-state index contributed by atoms with van der Waals surface area (Å²) in [4.78, 5) is 21.7. The highest BCUT2D eigenvalue weighted by Gasteiger charge is 2.01. The maximum atomic E-state index is 11.4. The first kappa shape index (κ1) is 17.1. The Labute approximate surface area is 111 Å². The Morgan fingerprint density at radius 1 is 0.722 bits per heavy atom. The van der Waals surface area contributed by atoms with Crippen molar-refractivity contribution in [3.05, 3.63) is 0 Å². The number of rotatable bonds is 13. The van der Waals surface area contributed by atoms with Crippen LogP contribution in [0.15, 0.2) is 0 Å². The molecule has 0 amide bonds. The topological polar surface area (TPSA) is 54.4 Å². The largest absolute Gasteiger partial charge is 0.481 e. The fourth-order valence-electron chi connectivity index (χ4n) is 1.98. The molecule has 0 rings (SSSR count). The minimum atomic E-state index is -0.694. The number of hydrogen-bond acceptors (Lipinski definition) is 2. The van der Waals surface area contributed by atoms with Crippen molar-refractivity contribution in [1.82, 2.24) is 0 Å². The number of carboxylic acids is 1. The average Bonchev–Trinajstić information content (AvgIpc) is 2.34. The molecule has 0 aliphatic rings. The minimum absolute atomic E-state index is 0.298. The Balaban J connectivity index is 3.11. The third kappa shape index (κ3) is 13.2. The molecule has 0 spiro atoms. The van der Waals surface area contributed by atoms with Crippen molar-refractivity contribution in [3.8, 4) is 0 Å². The maximum Gasteiger partial charge on any atom is 0.303 e. The molecule has 0 heterocycles. The number of unbranched alkanes of at least 4 members (excludes halogenated alkanes) is 7. The molecule has 1 N–H and O–H groups in total. The van der Waals surface area contributed by atoms with Gasteiger partial charge in [0.15, 0.2) is 0 Å². The van der Waals surface area contributed by atoms with E-state index in [0.29, 0.717) is 12.2 Å². The van der Waals surface area contributed by atoms with Gasteiger partial charge in [0.05, 0.1) is 0 Å². The van der Waals surface area contributed by atoms with Crippen molar-refractivity contribution in [3.63, 3.8) is 0 Å². The van der Waals surface area contributed by atoms with Crippen molar-refractivity contribution >= 4 is 11.8 Å². The second-order valence-corrected chi connectivity index (χ2v) is 5.01. The first-order valence-electron chi connectivity index (χ1n) is 7.40. The van der Waals surface area contributed by atoms with Gasteiger partial charge in [-0.1, -0.05) is 45.4 Å². The monoisotopic (exact) mass is 256 g/mol. The van der Waals surface area contributed by atoms with E-state index in [1.807, 2.05) is 0 Å². The molecular formula is C15H28O3. The SMILES string of the molecule is CCCCC(=O)CCCCCCCCCC(=O)O. The van der Waals surface area contributed by atoms with Crippen molar-refractivity contribution in [2.75, 3.05) is 0 Å². The van der Waals surface area contributed by atoms with E-state index in [-0.39, 0.29) is 0 Å². The van der Waals surface area contributed by atoms with Gasteiger partial charge in [0.25, 0.3) is 0 Å². The zero-order chi connectivity index (χ0) is 13.6. The van der Waals surface area contributed by atoms with Crippen LogP contribution in [-0.2, 0) is 9.59 Å². The number of hydrogen-bond donors (Lipinski definition) is 1.